The van der Waals surface area contributed by atoms with Gasteiger partial charge in [0.05, 0.1) is 26.4 Å². The fourth-order valence-electron chi connectivity index (χ4n) is 6.99. The third-order valence-corrected chi connectivity index (χ3v) is 12.1. The van der Waals surface area contributed by atoms with Gasteiger partial charge in [0.2, 0.25) is 42.2 Å². The Balaban J connectivity index is 0.000000208. The molecule has 0 saturated carbocycles. The molecule has 0 spiro atoms. The summed E-state index contributed by atoms with van der Waals surface area (Å²) in [4.78, 5) is 4.87. The van der Waals surface area contributed by atoms with E-state index in [0.29, 0.717) is 26.4 Å². The first-order valence-electron chi connectivity index (χ1n) is 22.6. The highest BCUT2D eigenvalue weighted by molar-refractivity contribution is 7.16. The molecule has 0 amide bonds. The summed E-state index contributed by atoms with van der Waals surface area (Å²) in [5, 5.41) is 16.6. The van der Waals surface area contributed by atoms with Gasteiger partial charge in [-0.05, 0) is 122 Å². The Bertz CT molecular complexity index is 2520. The fraction of sp³-hybridized carbons (Fsp3) is 0.138. The van der Waals surface area contributed by atoms with Gasteiger partial charge in [0.25, 0.3) is 0 Å². The second-order valence-corrected chi connectivity index (χ2v) is 17.0. The summed E-state index contributed by atoms with van der Waals surface area (Å²) in [7, 11) is -3.17. The summed E-state index contributed by atoms with van der Waals surface area (Å²) in [6.07, 6.45) is 8.62. The van der Waals surface area contributed by atoms with Crippen molar-refractivity contribution in [2.75, 3.05) is 26.4 Å². The first-order chi connectivity index (χ1) is 33.3. The van der Waals surface area contributed by atoms with E-state index in [0.717, 1.165) is 34.1 Å². The van der Waals surface area contributed by atoms with Crippen molar-refractivity contribution < 1.29 is 33.3 Å². The molecule has 0 saturated heterocycles. The highest BCUT2D eigenvalue weighted by atomic mass is 32.1. The number of benzene rings is 6. The van der Waals surface area contributed by atoms with Gasteiger partial charge in [-0.1, -0.05) is 109 Å². The average Bonchev–Trinajstić information content (AvgIpc) is 3.37. The molecular formula is C58H54BFO6S2. The molecule has 10 heteroatoms. The van der Waals surface area contributed by atoms with Crippen LogP contribution in [0, 0.1) is 0 Å². The van der Waals surface area contributed by atoms with Crippen molar-refractivity contribution in [1.82, 2.24) is 0 Å². The Morgan fingerprint density at radius 2 is 0.691 bits per heavy atom. The minimum absolute atomic E-state index is 0.606. The third-order valence-electron chi connectivity index (χ3n) is 9.97. The summed E-state index contributed by atoms with van der Waals surface area (Å²) >= 11 is 3.57. The topological polar surface area (TPSA) is 83.0 Å². The van der Waals surface area contributed by atoms with Gasteiger partial charge in [0.1, 0.15) is 7.40 Å². The molecule has 0 bridgehead atoms. The van der Waals surface area contributed by atoms with Crippen molar-refractivity contribution in [3.63, 3.8) is 0 Å². The number of ether oxygens (including phenoxy) is 4. The Hall–Kier alpha value is -6.95. The van der Waals surface area contributed by atoms with Crippen LogP contribution < -0.4 is 29.0 Å². The molecule has 68 heavy (non-hydrogen) atoms. The molecule has 0 atom stereocenters. The zero-order valence-electron chi connectivity index (χ0n) is 38.7. The number of halogens is 1. The maximum atomic E-state index is 9.89. The second-order valence-electron chi connectivity index (χ2n) is 14.8. The molecule has 0 unspecified atom stereocenters. The summed E-state index contributed by atoms with van der Waals surface area (Å²) in [5.74, 6) is 3.13. The fourth-order valence-corrected chi connectivity index (χ4v) is 9.02. The predicted molar refractivity (Wildman–Crippen MR) is 281 cm³/mol. The predicted octanol–water partition coefficient (Wildman–Crippen LogP) is 14.3. The zero-order chi connectivity index (χ0) is 47.9. The van der Waals surface area contributed by atoms with Crippen LogP contribution in [0.25, 0.3) is 67.4 Å². The molecule has 8 rings (SSSR count). The van der Waals surface area contributed by atoms with Crippen LogP contribution in [-0.4, -0.2) is 33.8 Å². The van der Waals surface area contributed by atoms with E-state index in [4.69, 9.17) is 29.0 Å². The van der Waals surface area contributed by atoms with Gasteiger partial charge in [-0.3, -0.25) is 0 Å². The lowest BCUT2D eigenvalue weighted by Crippen LogP contribution is -2.39. The van der Waals surface area contributed by atoms with E-state index in [1.807, 2.05) is 52.0 Å². The summed E-state index contributed by atoms with van der Waals surface area (Å²) in [6.45, 7) is 10.4. The molecule has 0 aliphatic heterocycles. The van der Waals surface area contributed by atoms with E-state index in [1.54, 1.807) is 22.7 Å². The summed E-state index contributed by atoms with van der Waals surface area (Å²) in [5.41, 5.74) is 9.47. The Kier molecular flexibility index (Phi) is 20.0. The highest BCUT2D eigenvalue weighted by Crippen LogP contribution is 2.36. The third kappa shape index (κ3) is 15.6. The molecule has 0 N–H and O–H groups in total. The lowest BCUT2D eigenvalue weighted by Gasteiger charge is -2.11. The first-order valence-corrected chi connectivity index (χ1v) is 24.2. The molecule has 0 radical (unpaired) electrons. The largest absolute Gasteiger partial charge is 0.867 e. The number of rotatable bonds is 16. The van der Waals surface area contributed by atoms with Crippen molar-refractivity contribution in [2.24, 2.45) is 0 Å². The Morgan fingerprint density at radius 3 is 1.01 bits per heavy atom. The maximum Gasteiger partial charge on any atom is 0.239 e. The smallest absolute Gasteiger partial charge is 0.239 e. The van der Waals surface area contributed by atoms with E-state index in [2.05, 4.69) is 182 Å². The molecular weight excluding hydrogens is 887 g/mol. The zero-order valence-corrected chi connectivity index (χ0v) is 40.3. The van der Waals surface area contributed by atoms with Crippen LogP contribution in [0.3, 0.4) is 0 Å². The summed E-state index contributed by atoms with van der Waals surface area (Å²) in [6, 6.07) is 63.4. The number of hydrogen-bond donors (Lipinski definition) is 0. The van der Waals surface area contributed by atoms with Crippen molar-refractivity contribution >= 4 is 54.4 Å². The van der Waals surface area contributed by atoms with E-state index >= 15 is 0 Å². The molecule has 6 aromatic carbocycles. The number of hydrogen-bond acceptors (Lipinski definition) is 6. The van der Waals surface area contributed by atoms with Gasteiger partial charge >= 0.3 is 0 Å². The minimum atomic E-state index is -3.17. The Labute approximate surface area is 408 Å². The Morgan fingerprint density at radius 1 is 0.382 bits per heavy atom. The molecule has 6 nitrogen and oxygen atoms in total. The van der Waals surface area contributed by atoms with E-state index in [1.165, 1.54) is 52.9 Å². The van der Waals surface area contributed by atoms with Gasteiger partial charge < -0.3 is 33.3 Å². The van der Waals surface area contributed by atoms with Crippen molar-refractivity contribution in [3.8, 4) is 66.1 Å². The van der Waals surface area contributed by atoms with Gasteiger partial charge in [-0.25, -0.2) is 0 Å². The van der Waals surface area contributed by atoms with Crippen molar-refractivity contribution in [2.45, 2.75) is 27.7 Å². The SMILES string of the molecule is CCOc1ccc(C=Cc2cc(-c3ccccc3)cc(-c3ccccc3)[s+]2)cc1OCC.CCOc1ccc(C=Cc2cc(-c3ccccc3)cc(-c3ccccc3)[s+]2)cc1OCC.[O-]B([O-])F. The maximum absolute atomic E-state index is 9.89. The monoisotopic (exact) mass is 940 g/mol. The summed E-state index contributed by atoms with van der Waals surface area (Å²) < 4.78 is 32.8. The van der Waals surface area contributed by atoms with Crippen molar-refractivity contribution in [1.29, 1.82) is 0 Å². The van der Waals surface area contributed by atoms with Gasteiger partial charge in [0, 0.05) is 47.5 Å². The van der Waals surface area contributed by atoms with Gasteiger partial charge in [-0.15, -0.1) is 0 Å². The van der Waals surface area contributed by atoms with Crippen LogP contribution in [0.2, 0.25) is 0 Å². The molecule has 344 valence electrons. The molecule has 0 aliphatic rings. The quantitative estimate of drug-likeness (QED) is 0.0709. The van der Waals surface area contributed by atoms with Crippen LogP contribution >= 0.6 is 22.7 Å². The molecule has 8 aromatic rings. The van der Waals surface area contributed by atoms with E-state index in [9.17, 15) is 4.32 Å². The van der Waals surface area contributed by atoms with E-state index < -0.39 is 7.40 Å². The van der Waals surface area contributed by atoms with Crippen LogP contribution in [-0.2, 0) is 0 Å². The normalized spacial score (nSPS) is 10.7. The first kappa shape index (κ1) is 50.5. The second kappa shape index (κ2) is 27.0. The minimum Gasteiger partial charge on any atom is -0.867 e. The van der Waals surface area contributed by atoms with Crippen LogP contribution in [0.15, 0.2) is 182 Å². The lowest BCUT2D eigenvalue weighted by atomic mass is 10.0. The van der Waals surface area contributed by atoms with Gasteiger partial charge in [-0.2, -0.15) is 0 Å². The van der Waals surface area contributed by atoms with Crippen LogP contribution in [0.5, 0.6) is 23.0 Å². The lowest BCUT2D eigenvalue weighted by molar-refractivity contribution is -0.366. The van der Waals surface area contributed by atoms with E-state index in [-0.39, 0.29) is 0 Å². The highest BCUT2D eigenvalue weighted by Gasteiger charge is 2.18. The molecule has 0 fully saturated rings. The average molecular weight is 941 g/mol. The van der Waals surface area contributed by atoms with Crippen LogP contribution in [0.1, 0.15) is 48.6 Å². The molecule has 2 aromatic heterocycles. The van der Waals surface area contributed by atoms with Gasteiger partial charge in [0.15, 0.2) is 23.0 Å². The molecule has 0 aliphatic carbocycles. The van der Waals surface area contributed by atoms with Crippen LogP contribution in [0.4, 0.5) is 4.32 Å². The molecule has 2 heterocycles. The standard InChI is InChI=1S/2C29H27O2S.BFO2/c2*1-3-30-27-18-16-22(19-28(27)31-4-2)15-17-26-20-25(23-11-7-5-8-12-23)21-29(32-26)24-13-9-6-10-14-24;2-1(3)4/h2*5-21H,3-4H2,1-2H3;/q2*+1;-2. The van der Waals surface area contributed by atoms with Crippen molar-refractivity contribution in [3.05, 3.63) is 203 Å².